The molecule has 0 bridgehead atoms. The quantitative estimate of drug-likeness (QED) is 0.434. The summed E-state index contributed by atoms with van der Waals surface area (Å²) in [5, 5.41) is 0.236. The van der Waals surface area contributed by atoms with Gasteiger partial charge in [0.2, 0.25) is 23.8 Å². The molecule has 0 fully saturated rings. The molecule has 11 nitrogen and oxygen atoms in total. The molecule has 0 saturated heterocycles. The number of rotatable bonds is 2. The highest BCUT2D eigenvalue weighted by atomic mass is 32.1. The minimum absolute atomic E-state index is 0.00815. The summed E-state index contributed by atoms with van der Waals surface area (Å²) in [7, 11) is 0. The maximum atomic E-state index is 5.31. The van der Waals surface area contributed by atoms with Crippen LogP contribution in [0.25, 0.3) is 0 Å². The van der Waals surface area contributed by atoms with E-state index in [0.29, 0.717) is 0 Å². The van der Waals surface area contributed by atoms with Gasteiger partial charge in [0.05, 0.1) is 6.10 Å². The van der Waals surface area contributed by atoms with E-state index in [1.165, 1.54) is 0 Å². The molecule has 114 valence electrons. The number of thiol groups is 1. The van der Waals surface area contributed by atoms with E-state index < -0.39 is 0 Å². The van der Waals surface area contributed by atoms with E-state index in [4.69, 9.17) is 27.7 Å². The third-order valence-electron chi connectivity index (χ3n) is 1.65. The number of hydrogen-bond acceptors (Lipinski definition) is 12. The van der Waals surface area contributed by atoms with Gasteiger partial charge in [0.25, 0.3) is 0 Å². The molecule has 0 aliphatic carbocycles. The first-order valence-electron chi connectivity index (χ1n) is 5.66. The highest BCUT2D eigenvalue weighted by molar-refractivity contribution is 7.80. The first-order chi connectivity index (χ1) is 9.76. The summed E-state index contributed by atoms with van der Waals surface area (Å²) in [4.78, 5) is 21.7. The molecule has 8 N–H and O–H groups in total. The Bertz CT molecular complexity index is 536. The fourth-order valence-corrected chi connectivity index (χ4v) is 1.25. The van der Waals surface area contributed by atoms with Crippen LogP contribution < -0.4 is 27.7 Å². The lowest BCUT2D eigenvalue weighted by Crippen LogP contribution is -2.11. The van der Waals surface area contributed by atoms with Gasteiger partial charge in [0.1, 0.15) is 0 Å². The minimum Gasteiger partial charge on any atom is -0.461 e. The summed E-state index contributed by atoms with van der Waals surface area (Å²) >= 11 is 3.80. The second-order valence-electron chi connectivity index (χ2n) is 3.85. The summed E-state index contributed by atoms with van der Waals surface area (Å²) in [5.74, 6) is 0.316. The van der Waals surface area contributed by atoms with Gasteiger partial charge in [-0.25, -0.2) is 0 Å². The van der Waals surface area contributed by atoms with Crippen molar-refractivity contribution in [2.24, 2.45) is 0 Å². The van der Waals surface area contributed by atoms with Crippen molar-refractivity contribution in [1.82, 2.24) is 29.9 Å². The molecule has 2 aromatic heterocycles. The summed E-state index contributed by atoms with van der Waals surface area (Å²) in [6.07, 6.45) is -0.00815. The van der Waals surface area contributed by atoms with Gasteiger partial charge in [-0.05, 0) is 13.8 Å². The Labute approximate surface area is 126 Å². The number of ether oxygens (including phenoxy) is 1. The van der Waals surface area contributed by atoms with Crippen LogP contribution in [0.2, 0.25) is 0 Å². The zero-order valence-corrected chi connectivity index (χ0v) is 12.3. The molecule has 0 spiro atoms. The molecule has 12 heteroatoms. The lowest BCUT2D eigenvalue weighted by atomic mass is 10.5. The number of hydrogen-bond donors (Lipinski definition) is 5. The van der Waals surface area contributed by atoms with Crippen molar-refractivity contribution in [2.75, 3.05) is 22.9 Å². The lowest BCUT2D eigenvalue weighted by molar-refractivity contribution is 0.222. The maximum Gasteiger partial charge on any atom is 0.323 e. The zero-order valence-electron chi connectivity index (χ0n) is 11.4. The zero-order chi connectivity index (χ0) is 16.0. The molecule has 2 heterocycles. The Balaban J connectivity index is 0.000000219. The number of nitrogens with zero attached hydrogens (tertiary/aromatic N) is 6. The van der Waals surface area contributed by atoms with E-state index in [9.17, 15) is 0 Å². The highest BCUT2D eigenvalue weighted by Crippen LogP contribution is 2.07. The van der Waals surface area contributed by atoms with E-state index >= 15 is 0 Å². The second-order valence-corrected chi connectivity index (χ2v) is 4.25. The lowest BCUT2D eigenvalue weighted by Gasteiger charge is -2.07. The van der Waals surface area contributed by atoms with Gasteiger partial charge in [-0.2, -0.15) is 29.9 Å². The van der Waals surface area contributed by atoms with E-state index in [2.05, 4.69) is 42.5 Å². The van der Waals surface area contributed by atoms with E-state index in [1.54, 1.807) is 0 Å². The van der Waals surface area contributed by atoms with Crippen molar-refractivity contribution >= 4 is 36.4 Å². The smallest absolute Gasteiger partial charge is 0.323 e. The minimum atomic E-state index is -0.00815. The molecule has 0 saturated carbocycles. The van der Waals surface area contributed by atoms with Crippen LogP contribution in [0.4, 0.5) is 23.8 Å². The van der Waals surface area contributed by atoms with Crippen LogP contribution in [-0.4, -0.2) is 36.0 Å². The Hall–Kier alpha value is -2.63. The third-order valence-corrected chi connectivity index (χ3v) is 1.85. The standard InChI is InChI=1S/C6H11N5O.C3H5N5S/c1-3(2)12-6-10-4(7)9-5(8)11-6;4-1-6-2(5)8-3(9)7-1/h3H,1-2H3,(H4,7,8,9,10,11);(H5,4,5,6,7,8,9). The molecule has 0 atom stereocenters. The van der Waals surface area contributed by atoms with Gasteiger partial charge < -0.3 is 27.7 Å². The second kappa shape index (κ2) is 7.23. The molecule has 21 heavy (non-hydrogen) atoms. The van der Waals surface area contributed by atoms with Crippen molar-refractivity contribution in [1.29, 1.82) is 0 Å². The SMILES string of the molecule is CC(C)Oc1nc(N)nc(N)n1.Nc1nc(N)nc(S)n1. The summed E-state index contributed by atoms with van der Waals surface area (Å²) in [6.45, 7) is 3.71. The molecule has 0 unspecified atom stereocenters. The number of anilines is 4. The van der Waals surface area contributed by atoms with E-state index in [1.807, 2.05) is 13.8 Å². The molecule has 0 aromatic carbocycles. The van der Waals surface area contributed by atoms with Gasteiger partial charge in [0.15, 0.2) is 5.16 Å². The average Bonchev–Trinajstić information content (AvgIpc) is 2.24. The van der Waals surface area contributed by atoms with Crippen LogP contribution in [0.5, 0.6) is 6.01 Å². The Morgan fingerprint density at radius 1 is 0.762 bits per heavy atom. The predicted molar refractivity (Wildman–Crippen MR) is 80.3 cm³/mol. The molecule has 0 amide bonds. The van der Waals surface area contributed by atoms with Crippen LogP contribution in [0, 0.1) is 0 Å². The monoisotopic (exact) mass is 312 g/mol. The van der Waals surface area contributed by atoms with Crippen molar-refractivity contribution in [2.45, 2.75) is 25.1 Å². The Morgan fingerprint density at radius 2 is 1.14 bits per heavy atom. The number of aromatic nitrogens is 6. The Kier molecular flexibility index (Phi) is 5.66. The third kappa shape index (κ3) is 6.38. The van der Waals surface area contributed by atoms with Crippen molar-refractivity contribution in [3.63, 3.8) is 0 Å². The summed E-state index contributed by atoms with van der Waals surface area (Å²) < 4.78 is 5.15. The largest absolute Gasteiger partial charge is 0.461 e. The van der Waals surface area contributed by atoms with Crippen molar-refractivity contribution in [3.05, 3.63) is 0 Å². The predicted octanol–water partition coefficient (Wildman–Crippen LogP) is -0.852. The fourth-order valence-electron chi connectivity index (χ4n) is 1.05. The molecule has 0 aliphatic rings. The van der Waals surface area contributed by atoms with Crippen LogP contribution >= 0.6 is 12.6 Å². The molecule has 2 rings (SSSR count). The van der Waals surface area contributed by atoms with Gasteiger partial charge in [-0.15, -0.1) is 12.6 Å². The van der Waals surface area contributed by atoms with Gasteiger partial charge in [-0.3, -0.25) is 0 Å². The highest BCUT2D eigenvalue weighted by Gasteiger charge is 2.03. The summed E-state index contributed by atoms with van der Waals surface area (Å²) in [5.41, 5.74) is 21.0. The number of nitrogen functional groups attached to an aromatic ring is 4. The van der Waals surface area contributed by atoms with Crippen molar-refractivity contribution in [3.8, 4) is 6.01 Å². The topological polar surface area (TPSA) is 191 Å². The fraction of sp³-hybridized carbons (Fsp3) is 0.333. The van der Waals surface area contributed by atoms with Crippen molar-refractivity contribution < 1.29 is 4.74 Å². The summed E-state index contributed by atoms with van der Waals surface area (Å²) in [6, 6.07) is 0.162. The average molecular weight is 312 g/mol. The van der Waals surface area contributed by atoms with Crippen LogP contribution in [-0.2, 0) is 0 Å². The van der Waals surface area contributed by atoms with E-state index in [-0.39, 0.29) is 41.1 Å². The van der Waals surface area contributed by atoms with Gasteiger partial charge in [-0.1, -0.05) is 0 Å². The molecule has 2 aromatic rings. The normalized spacial score (nSPS) is 9.90. The molecular weight excluding hydrogens is 296 g/mol. The van der Waals surface area contributed by atoms with Gasteiger partial charge >= 0.3 is 6.01 Å². The molecule has 0 radical (unpaired) electrons. The van der Waals surface area contributed by atoms with Crippen LogP contribution in [0.15, 0.2) is 5.16 Å². The molecular formula is C9H16N10OS. The van der Waals surface area contributed by atoms with E-state index in [0.717, 1.165) is 0 Å². The Morgan fingerprint density at radius 3 is 1.48 bits per heavy atom. The maximum absolute atomic E-state index is 5.31. The first-order valence-corrected chi connectivity index (χ1v) is 6.10. The number of nitrogens with two attached hydrogens (primary N) is 4. The first kappa shape index (κ1) is 16.4. The van der Waals surface area contributed by atoms with Gasteiger partial charge in [0, 0.05) is 0 Å². The van der Waals surface area contributed by atoms with Crippen LogP contribution in [0.3, 0.4) is 0 Å². The molecule has 0 aliphatic heterocycles. The van der Waals surface area contributed by atoms with Crippen LogP contribution in [0.1, 0.15) is 13.8 Å².